The molecule has 1 amide bonds. The first-order chi connectivity index (χ1) is 12.7. The molecule has 1 aliphatic heterocycles. The molecule has 0 radical (unpaired) electrons. The van der Waals surface area contributed by atoms with Gasteiger partial charge in [-0.25, -0.2) is 14.2 Å². The number of H-pyrrole nitrogens is 1. The molecule has 5 nitrogen and oxygen atoms in total. The van der Waals surface area contributed by atoms with Gasteiger partial charge < -0.3 is 14.6 Å². The number of nitrogens with one attached hydrogen (secondary N) is 1. The zero-order chi connectivity index (χ0) is 19.5. The first-order valence-corrected chi connectivity index (χ1v) is 9.45. The molecule has 0 spiro atoms. The predicted molar refractivity (Wildman–Crippen MR) is 102 cm³/mol. The van der Waals surface area contributed by atoms with Crippen molar-refractivity contribution in [1.82, 2.24) is 14.9 Å². The third kappa shape index (κ3) is 5.31. The molecular formula is C21H28FN3O2. The van der Waals surface area contributed by atoms with E-state index in [2.05, 4.69) is 9.97 Å². The number of aromatic nitrogens is 2. The van der Waals surface area contributed by atoms with Gasteiger partial charge in [0, 0.05) is 31.9 Å². The number of likely N-dealkylation sites (tertiary alicyclic amines) is 1. The van der Waals surface area contributed by atoms with E-state index >= 15 is 0 Å². The van der Waals surface area contributed by atoms with Crippen molar-refractivity contribution in [1.29, 1.82) is 0 Å². The molecule has 6 heteroatoms. The SMILES string of the molecule is CC(C)(C)OC(=O)N1CCC(Cc2ccc(F)cc2)(Cc2ncc[nH]2)CC1. The lowest BCUT2D eigenvalue weighted by Gasteiger charge is -2.42. The molecule has 1 fully saturated rings. The van der Waals surface area contributed by atoms with Gasteiger partial charge in [-0.05, 0) is 63.1 Å². The number of hydrogen-bond donors (Lipinski definition) is 1. The van der Waals surface area contributed by atoms with Crippen LogP contribution in [0.3, 0.4) is 0 Å². The number of hydrogen-bond acceptors (Lipinski definition) is 3. The lowest BCUT2D eigenvalue weighted by Crippen LogP contribution is -2.46. The van der Waals surface area contributed by atoms with E-state index < -0.39 is 5.60 Å². The van der Waals surface area contributed by atoms with Crippen LogP contribution in [0.1, 0.15) is 45.0 Å². The van der Waals surface area contributed by atoms with E-state index in [1.165, 1.54) is 12.1 Å². The van der Waals surface area contributed by atoms with Crippen molar-refractivity contribution in [3.8, 4) is 0 Å². The molecule has 2 aromatic rings. The van der Waals surface area contributed by atoms with Crippen LogP contribution in [-0.4, -0.2) is 39.7 Å². The molecule has 3 rings (SSSR count). The van der Waals surface area contributed by atoms with E-state index in [-0.39, 0.29) is 17.3 Å². The van der Waals surface area contributed by atoms with E-state index in [4.69, 9.17) is 4.74 Å². The number of carbonyl (C=O) groups excluding carboxylic acids is 1. The second-order valence-electron chi connectivity index (χ2n) is 8.48. The molecule has 1 saturated heterocycles. The standard InChI is InChI=1S/C21H28FN3O2/c1-20(2,3)27-19(26)25-12-8-21(9-13-25,15-18-23-10-11-24-18)14-16-4-6-17(22)7-5-16/h4-7,10-11H,8-9,12-15H2,1-3H3,(H,23,24). The first kappa shape index (κ1) is 19.4. The predicted octanol–water partition coefficient (Wildman–Crippen LogP) is 4.35. The van der Waals surface area contributed by atoms with E-state index in [1.54, 1.807) is 11.1 Å². The van der Waals surface area contributed by atoms with Gasteiger partial charge in [-0.3, -0.25) is 0 Å². The van der Waals surface area contributed by atoms with Crippen molar-refractivity contribution < 1.29 is 13.9 Å². The largest absolute Gasteiger partial charge is 0.444 e. The Balaban J connectivity index is 1.72. The number of piperidine rings is 1. The molecule has 1 aromatic carbocycles. The number of ether oxygens (including phenoxy) is 1. The fourth-order valence-corrected chi connectivity index (χ4v) is 3.69. The first-order valence-electron chi connectivity index (χ1n) is 9.45. The number of benzene rings is 1. The van der Waals surface area contributed by atoms with Crippen LogP contribution in [0.2, 0.25) is 0 Å². The fourth-order valence-electron chi connectivity index (χ4n) is 3.69. The summed E-state index contributed by atoms with van der Waals surface area (Å²) in [5, 5.41) is 0. The molecule has 0 bridgehead atoms. The topological polar surface area (TPSA) is 58.2 Å². The summed E-state index contributed by atoms with van der Waals surface area (Å²) in [6.45, 7) is 6.94. The van der Waals surface area contributed by atoms with E-state index in [0.29, 0.717) is 13.1 Å². The molecule has 0 unspecified atom stereocenters. The highest BCUT2D eigenvalue weighted by Crippen LogP contribution is 2.38. The molecule has 2 heterocycles. The summed E-state index contributed by atoms with van der Waals surface area (Å²) in [6, 6.07) is 6.70. The summed E-state index contributed by atoms with van der Waals surface area (Å²) in [5.74, 6) is 0.724. The van der Waals surface area contributed by atoms with Crippen LogP contribution in [0.5, 0.6) is 0 Å². The molecular weight excluding hydrogens is 345 g/mol. The number of carbonyl (C=O) groups is 1. The van der Waals surface area contributed by atoms with Gasteiger partial charge in [0.05, 0.1) is 0 Å². The molecule has 0 saturated carbocycles. The van der Waals surface area contributed by atoms with E-state index in [9.17, 15) is 9.18 Å². The van der Waals surface area contributed by atoms with Crippen LogP contribution < -0.4 is 0 Å². The fraction of sp³-hybridized carbons (Fsp3) is 0.524. The second-order valence-corrected chi connectivity index (χ2v) is 8.48. The van der Waals surface area contributed by atoms with Gasteiger partial charge in [0.1, 0.15) is 17.2 Å². The highest BCUT2D eigenvalue weighted by molar-refractivity contribution is 5.68. The van der Waals surface area contributed by atoms with E-state index in [0.717, 1.165) is 37.1 Å². The number of nitrogens with zero attached hydrogens (tertiary/aromatic N) is 2. The summed E-state index contributed by atoms with van der Waals surface area (Å²) in [4.78, 5) is 21.8. The van der Waals surface area contributed by atoms with Crippen LogP contribution in [0.4, 0.5) is 9.18 Å². The zero-order valence-corrected chi connectivity index (χ0v) is 16.3. The summed E-state index contributed by atoms with van der Waals surface area (Å²) in [6.07, 6.45) is 6.67. The Hall–Kier alpha value is -2.37. The molecule has 146 valence electrons. The van der Waals surface area contributed by atoms with Crippen molar-refractivity contribution >= 4 is 6.09 Å². The average molecular weight is 373 g/mol. The van der Waals surface area contributed by atoms with Crippen LogP contribution >= 0.6 is 0 Å². The molecule has 1 aliphatic rings. The van der Waals surface area contributed by atoms with E-state index in [1.807, 2.05) is 39.1 Å². The minimum Gasteiger partial charge on any atom is -0.444 e. The number of halogens is 1. The van der Waals surface area contributed by atoms with Gasteiger partial charge in [-0.15, -0.1) is 0 Å². The summed E-state index contributed by atoms with van der Waals surface area (Å²) in [7, 11) is 0. The summed E-state index contributed by atoms with van der Waals surface area (Å²) < 4.78 is 18.8. The molecule has 0 atom stereocenters. The summed E-state index contributed by atoms with van der Waals surface area (Å²) in [5.41, 5.74) is 0.593. The zero-order valence-electron chi connectivity index (χ0n) is 16.3. The molecule has 0 aliphatic carbocycles. The van der Waals surface area contributed by atoms with Gasteiger partial charge in [0.25, 0.3) is 0 Å². The van der Waals surface area contributed by atoms with Crippen LogP contribution in [0.25, 0.3) is 0 Å². The average Bonchev–Trinajstić information content (AvgIpc) is 3.09. The number of imidazole rings is 1. The Labute approximate surface area is 159 Å². The van der Waals surface area contributed by atoms with Gasteiger partial charge >= 0.3 is 6.09 Å². The minimum absolute atomic E-state index is 0.0196. The Bertz CT molecular complexity index is 743. The highest BCUT2D eigenvalue weighted by Gasteiger charge is 2.38. The maximum absolute atomic E-state index is 13.3. The van der Waals surface area contributed by atoms with Gasteiger partial charge in [0.2, 0.25) is 0 Å². The summed E-state index contributed by atoms with van der Waals surface area (Å²) >= 11 is 0. The Morgan fingerprint density at radius 1 is 1.22 bits per heavy atom. The maximum Gasteiger partial charge on any atom is 0.410 e. The van der Waals surface area contributed by atoms with Crippen molar-refractivity contribution in [2.24, 2.45) is 5.41 Å². The Morgan fingerprint density at radius 2 is 1.89 bits per heavy atom. The normalized spacial score (nSPS) is 17.0. The van der Waals surface area contributed by atoms with Gasteiger partial charge in [-0.1, -0.05) is 12.1 Å². The van der Waals surface area contributed by atoms with Gasteiger partial charge in [0.15, 0.2) is 0 Å². The third-order valence-electron chi connectivity index (χ3n) is 5.07. The smallest absolute Gasteiger partial charge is 0.410 e. The number of aromatic amines is 1. The molecule has 1 N–H and O–H groups in total. The van der Waals surface area contributed by atoms with Gasteiger partial charge in [-0.2, -0.15) is 0 Å². The minimum atomic E-state index is -0.492. The molecule has 27 heavy (non-hydrogen) atoms. The van der Waals surface area contributed by atoms with Crippen molar-refractivity contribution in [2.45, 2.75) is 52.1 Å². The van der Waals surface area contributed by atoms with Crippen molar-refractivity contribution in [3.63, 3.8) is 0 Å². The van der Waals surface area contributed by atoms with Crippen molar-refractivity contribution in [2.75, 3.05) is 13.1 Å². The van der Waals surface area contributed by atoms with Crippen LogP contribution in [0.15, 0.2) is 36.7 Å². The van der Waals surface area contributed by atoms with Crippen LogP contribution in [-0.2, 0) is 17.6 Å². The maximum atomic E-state index is 13.3. The molecule has 1 aromatic heterocycles. The second kappa shape index (κ2) is 7.71. The highest BCUT2D eigenvalue weighted by atomic mass is 19.1. The lowest BCUT2D eigenvalue weighted by molar-refractivity contribution is 0.00976. The van der Waals surface area contributed by atoms with Crippen LogP contribution in [0, 0.1) is 11.2 Å². The monoisotopic (exact) mass is 373 g/mol. The Morgan fingerprint density at radius 3 is 2.44 bits per heavy atom. The number of amides is 1. The quantitative estimate of drug-likeness (QED) is 0.867. The number of rotatable bonds is 4. The Kier molecular flexibility index (Phi) is 5.53. The lowest BCUT2D eigenvalue weighted by atomic mass is 9.71. The third-order valence-corrected chi connectivity index (χ3v) is 5.07. The van der Waals surface area contributed by atoms with Crippen molar-refractivity contribution in [3.05, 3.63) is 53.9 Å².